The van der Waals surface area contributed by atoms with Gasteiger partial charge in [-0.2, -0.15) is 5.10 Å². The highest BCUT2D eigenvalue weighted by Gasteiger charge is 2.46. The van der Waals surface area contributed by atoms with E-state index in [-0.39, 0.29) is 0 Å². The van der Waals surface area contributed by atoms with Crippen LogP contribution in [-0.2, 0) is 18.3 Å². The number of aryl methyl sites for hydroxylation is 1. The molecule has 0 bridgehead atoms. The summed E-state index contributed by atoms with van der Waals surface area (Å²) in [5, 5.41) is 4.30. The normalized spacial score (nSPS) is 29.0. The van der Waals surface area contributed by atoms with Gasteiger partial charge in [-0.3, -0.25) is 9.58 Å². The predicted octanol–water partition coefficient (Wildman–Crippen LogP) is 3.12. The zero-order chi connectivity index (χ0) is 16.1. The third-order valence-corrected chi connectivity index (χ3v) is 5.90. The highest BCUT2D eigenvalue weighted by Crippen LogP contribution is 2.51. The molecule has 0 N–H and O–H groups in total. The SMILES string of the molecule is Cn1cc(CN2C[C@@H]3C(OCC4CC4)c4ccccc4[C@@H]3C2)cn1. The second-order valence-electron chi connectivity index (χ2n) is 7.81. The van der Waals surface area contributed by atoms with Crippen molar-refractivity contribution in [3.8, 4) is 0 Å². The Morgan fingerprint density at radius 3 is 2.75 bits per heavy atom. The van der Waals surface area contributed by atoms with E-state index >= 15 is 0 Å². The molecule has 1 aliphatic heterocycles. The predicted molar refractivity (Wildman–Crippen MR) is 92.6 cm³/mol. The lowest BCUT2D eigenvalue weighted by Gasteiger charge is -2.22. The van der Waals surface area contributed by atoms with Gasteiger partial charge in [0, 0.05) is 50.3 Å². The first-order valence-electron chi connectivity index (χ1n) is 9.18. The number of hydrogen-bond acceptors (Lipinski definition) is 3. The molecule has 0 amide bonds. The monoisotopic (exact) mass is 323 g/mol. The minimum absolute atomic E-state index is 0.297. The van der Waals surface area contributed by atoms with Gasteiger partial charge in [0.1, 0.15) is 0 Å². The summed E-state index contributed by atoms with van der Waals surface area (Å²) in [5.74, 6) is 2.06. The van der Waals surface area contributed by atoms with Crippen molar-refractivity contribution in [1.29, 1.82) is 0 Å². The van der Waals surface area contributed by atoms with Crippen molar-refractivity contribution in [2.45, 2.75) is 31.4 Å². The molecule has 4 heteroatoms. The zero-order valence-electron chi connectivity index (χ0n) is 14.3. The number of fused-ring (bicyclic) bond motifs is 3. The minimum atomic E-state index is 0.297. The lowest BCUT2D eigenvalue weighted by Crippen LogP contribution is -2.23. The van der Waals surface area contributed by atoms with Crippen LogP contribution in [0.15, 0.2) is 36.7 Å². The number of aromatic nitrogens is 2. The van der Waals surface area contributed by atoms with E-state index in [1.807, 2.05) is 17.9 Å². The van der Waals surface area contributed by atoms with Crippen LogP contribution in [-0.4, -0.2) is 34.4 Å². The minimum Gasteiger partial charge on any atom is -0.373 e. The molecule has 3 aliphatic rings. The summed E-state index contributed by atoms with van der Waals surface area (Å²) in [6.45, 7) is 4.21. The van der Waals surface area contributed by atoms with Crippen LogP contribution in [0.3, 0.4) is 0 Å². The van der Waals surface area contributed by atoms with E-state index in [0.717, 1.165) is 32.2 Å². The summed E-state index contributed by atoms with van der Waals surface area (Å²) in [4.78, 5) is 2.58. The van der Waals surface area contributed by atoms with Crippen molar-refractivity contribution in [1.82, 2.24) is 14.7 Å². The summed E-state index contributed by atoms with van der Waals surface area (Å²) >= 11 is 0. The second kappa shape index (κ2) is 5.71. The third kappa shape index (κ3) is 2.58. The zero-order valence-corrected chi connectivity index (χ0v) is 14.3. The van der Waals surface area contributed by atoms with Gasteiger partial charge in [-0.15, -0.1) is 0 Å². The van der Waals surface area contributed by atoms with Gasteiger partial charge in [0.05, 0.1) is 18.9 Å². The van der Waals surface area contributed by atoms with Crippen molar-refractivity contribution in [3.63, 3.8) is 0 Å². The Morgan fingerprint density at radius 1 is 1.17 bits per heavy atom. The van der Waals surface area contributed by atoms with Gasteiger partial charge < -0.3 is 4.74 Å². The average Bonchev–Trinajstić information content (AvgIpc) is 3.07. The fraction of sp³-hybridized carbons (Fsp3) is 0.550. The van der Waals surface area contributed by atoms with Crippen molar-refractivity contribution in [3.05, 3.63) is 53.3 Å². The molecular weight excluding hydrogens is 298 g/mol. The third-order valence-electron chi connectivity index (χ3n) is 5.90. The van der Waals surface area contributed by atoms with Gasteiger partial charge in [0.15, 0.2) is 0 Å². The molecule has 1 saturated carbocycles. The van der Waals surface area contributed by atoms with Crippen LogP contribution in [0.1, 0.15) is 41.6 Å². The molecule has 1 aromatic carbocycles. The topological polar surface area (TPSA) is 30.3 Å². The van der Waals surface area contributed by atoms with E-state index in [9.17, 15) is 0 Å². The highest BCUT2D eigenvalue weighted by atomic mass is 16.5. The van der Waals surface area contributed by atoms with Crippen molar-refractivity contribution >= 4 is 0 Å². The van der Waals surface area contributed by atoms with Crippen LogP contribution in [0.5, 0.6) is 0 Å². The van der Waals surface area contributed by atoms with Crippen LogP contribution in [0, 0.1) is 11.8 Å². The largest absolute Gasteiger partial charge is 0.373 e. The van der Waals surface area contributed by atoms with Crippen LogP contribution < -0.4 is 0 Å². The Balaban J connectivity index is 1.35. The Labute approximate surface area is 143 Å². The Bertz CT molecular complexity index is 736. The molecule has 2 aliphatic carbocycles. The number of rotatable bonds is 5. The maximum atomic E-state index is 6.43. The highest BCUT2D eigenvalue weighted by molar-refractivity contribution is 5.40. The number of hydrogen-bond donors (Lipinski definition) is 0. The maximum Gasteiger partial charge on any atom is 0.0874 e. The van der Waals surface area contributed by atoms with Crippen LogP contribution in [0.4, 0.5) is 0 Å². The smallest absolute Gasteiger partial charge is 0.0874 e. The molecule has 0 radical (unpaired) electrons. The van der Waals surface area contributed by atoms with Gasteiger partial charge in [-0.1, -0.05) is 24.3 Å². The molecule has 2 fully saturated rings. The standard InChI is InChI=1S/C20H25N3O/c1-22-9-15(8-21-22)10-23-11-18-16-4-2-3-5-17(16)20(19(18)12-23)24-13-14-6-7-14/h2-5,8-9,14,18-20H,6-7,10-13H2,1H3/t18-,19-,20?/m0/s1. The van der Waals surface area contributed by atoms with E-state index in [4.69, 9.17) is 4.74 Å². The lowest BCUT2D eigenvalue weighted by atomic mass is 9.96. The van der Waals surface area contributed by atoms with Crippen LogP contribution in [0.2, 0.25) is 0 Å². The molecule has 1 aromatic heterocycles. The van der Waals surface area contributed by atoms with Gasteiger partial charge in [-0.05, 0) is 29.9 Å². The van der Waals surface area contributed by atoms with E-state index in [0.29, 0.717) is 17.9 Å². The number of likely N-dealkylation sites (tertiary alicyclic amines) is 1. The van der Waals surface area contributed by atoms with Crippen LogP contribution in [0.25, 0.3) is 0 Å². The Hall–Kier alpha value is -1.65. The maximum absolute atomic E-state index is 6.43. The molecule has 1 unspecified atom stereocenters. The quantitative estimate of drug-likeness (QED) is 0.847. The first-order chi connectivity index (χ1) is 11.8. The van der Waals surface area contributed by atoms with Gasteiger partial charge in [-0.25, -0.2) is 0 Å². The van der Waals surface area contributed by atoms with E-state index < -0.39 is 0 Å². The molecule has 4 nitrogen and oxygen atoms in total. The second-order valence-corrected chi connectivity index (χ2v) is 7.81. The first kappa shape index (κ1) is 14.7. The van der Waals surface area contributed by atoms with Crippen molar-refractivity contribution in [2.75, 3.05) is 19.7 Å². The first-order valence-corrected chi connectivity index (χ1v) is 9.18. The van der Waals surface area contributed by atoms with Crippen LogP contribution >= 0.6 is 0 Å². The van der Waals surface area contributed by atoms with Gasteiger partial charge in [0.2, 0.25) is 0 Å². The molecule has 1 saturated heterocycles. The summed E-state index contributed by atoms with van der Waals surface area (Å²) < 4.78 is 8.32. The van der Waals surface area contributed by atoms with Gasteiger partial charge >= 0.3 is 0 Å². The van der Waals surface area contributed by atoms with Crippen molar-refractivity contribution < 1.29 is 4.74 Å². The Morgan fingerprint density at radius 2 is 2.00 bits per heavy atom. The number of ether oxygens (including phenoxy) is 1. The number of nitrogens with zero attached hydrogens (tertiary/aromatic N) is 3. The molecular formula is C20H25N3O. The molecule has 3 atom stereocenters. The fourth-order valence-electron chi connectivity index (χ4n) is 4.57. The summed E-state index contributed by atoms with van der Waals surface area (Å²) in [6, 6.07) is 8.96. The lowest BCUT2D eigenvalue weighted by molar-refractivity contribution is 0.0121. The average molecular weight is 323 g/mol. The van der Waals surface area contributed by atoms with Crippen molar-refractivity contribution in [2.24, 2.45) is 18.9 Å². The molecule has 0 spiro atoms. The summed E-state index contributed by atoms with van der Waals surface area (Å²) in [5.41, 5.74) is 4.28. The molecule has 24 heavy (non-hydrogen) atoms. The summed E-state index contributed by atoms with van der Waals surface area (Å²) in [7, 11) is 1.99. The van der Waals surface area contributed by atoms with E-state index in [1.54, 1.807) is 0 Å². The summed E-state index contributed by atoms with van der Waals surface area (Å²) in [6.07, 6.45) is 7.13. The molecule has 5 rings (SSSR count). The molecule has 2 aromatic rings. The van der Waals surface area contributed by atoms with E-state index in [1.165, 1.54) is 29.5 Å². The Kier molecular flexibility index (Phi) is 3.49. The number of benzene rings is 1. The van der Waals surface area contributed by atoms with Gasteiger partial charge in [0.25, 0.3) is 0 Å². The fourth-order valence-corrected chi connectivity index (χ4v) is 4.57. The molecule has 126 valence electrons. The van der Waals surface area contributed by atoms with E-state index in [2.05, 4.69) is 40.5 Å². The molecule has 2 heterocycles.